The summed E-state index contributed by atoms with van der Waals surface area (Å²) >= 11 is 0. The van der Waals surface area contributed by atoms with E-state index >= 15 is 0 Å². The first kappa shape index (κ1) is 16.2. The van der Waals surface area contributed by atoms with E-state index in [2.05, 4.69) is 57.3 Å². The van der Waals surface area contributed by atoms with Crippen LogP contribution in [-0.4, -0.2) is 12.6 Å². The summed E-state index contributed by atoms with van der Waals surface area (Å²) in [6.07, 6.45) is 2.41. The molecule has 0 heterocycles. The molecule has 1 N–H and O–H groups in total. The van der Waals surface area contributed by atoms with Crippen molar-refractivity contribution in [2.75, 3.05) is 6.61 Å². The van der Waals surface area contributed by atoms with Crippen LogP contribution in [0.5, 0.6) is 0 Å². The molecule has 1 aromatic rings. The predicted octanol–water partition coefficient (Wildman–Crippen LogP) is 4.14. The third-order valence-corrected chi connectivity index (χ3v) is 3.08. The Labute approximate surface area is 118 Å². The maximum absolute atomic E-state index is 5.69. The van der Waals surface area contributed by atoms with E-state index in [1.807, 2.05) is 0 Å². The van der Waals surface area contributed by atoms with Crippen LogP contribution in [0.1, 0.15) is 51.7 Å². The second-order valence-electron chi connectivity index (χ2n) is 5.94. The second kappa shape index (κ2) is 9.11. The quantitative estimate of drug-likeness (QED) is 0.676. The Hall–Kier alpha value is -0.860. The van der Waals surface area contributed by atoms with Gasteiger partial charge in [-0.1, -0.05) is 52.0 Å². The molecule has 1 rings (SSSR count). The first-order valence-corrected chi connectivity index (χ1v) is 7.47. The third kappa shape index (κ3) is 8.02. The SMILES string of the molecule is CC(C)CCCOCc1ccc(CNC(C)C)cc1. The van der Waals surface area contributed by atoms with E-state index in [1.54, 1.807) is 0 Å². The molecule has 0 atom stereocenters. The van der Waals surface area contributed by atoms with Gasteiger partial charge < -0.3 is 10.1 Å². The molecular formula is C17H29NO. The molecule has 2 heteroatoms. The summed E-state index contributed by atoms with van der Waals surface area (Å²) in [5.41, 5.74) is 2.59. The Morgan fingerprint density at radius 2 is 1.63 bits per heavy atom. The first-order valence-electron chi connectivity index (χ1n) is 7.47. The molecule has 0 amide bonds. The lowest BCUT2D eigenvalue weighted by atomic mass is 10.1. The smallest absolute Gasteiger partial charge is 0.0716 e. The maximum Gasteiger partial charge on any atom is 0.0716 e. The lowest BCUT2D eigenvalue weighted by molar-refractivity contribution is 0.115. The molecule has 19 heavy (non-hydrogen) atoms. The number of benzene rings is 1. The van der Waals surface area contributed by atoms with E-state index < -0.39 is 0 Å². The summed E-state index contributed by atoms with van der Waals surface area (Å²) in [6, 6.07) is 9.23. The van der Waals surface area contributed by atoms with Crippen molar-refractivity contribution in [3.63, 3.8) is 0 Å². The molecule has 108 valence electrons. The van der Waals surface area contributed by atoms with E-state index in [0.29, 0.717) is 6.04 Å². The van der Waals surface area contributed by atoms with Crippen LogP contribution in [0.25, 0.3) is 0 Å². The van der Waals surface area contributed by atoms with Crippen LogP contribution < -0.4 is 5.32 Å². The summed E-state index contributed by atoms with van der Waals surface area (Å²) in [4.78, 5) is 0. The van der Waals surface area contributed by atoms with E-state index in [4.69, 9.17) is 4.74 Å². The highest BCUT2D eigenvalue weighted by Crippen LogP contribution is 2.08. The van der Waals surface area contributed by atoms with Crippen LogP contribution in [0, 0.1) is 5.92 Å². The Balaban J connectivity index is 2.20. The number of hydrogen-bond donors (Lipinski definition) is 1. The summed E-state index contributed by atoms with van der Waals surface area (Å²) in [6.45, 7) is 11.4. The average molecular weight is 263 g/mol. The van der Waals surface area contributed by atoms with Crippen molar-refractivity contribution in [1.29, 1.82) is 0 Å². The van der Waals surface area contributed by atoms with Crippen LogP contribution in [-0.2, 0) is 17.9 Å². The van der Waals surface area contributed by atoms with Crippen molar-refractivity contribution < 1.29 is 4.74 Å². The lowest BCUT2D eigenvalue weighted by Gasteiger charge is -2.09. The summed E-state index contributed by atoms with van der Waals surface area (Å²) in [7, 11) is 0. The summed E-state index contributed by atoms with van der Waals surface area (Å²) < 4.78 is 5.69. The zero-order valence-electron chi connectivity index (χ0n) is 12.9. The minimum atomic E-state index is 0.531. The van der Waals surface area contributed by atoms with Crippen LogP contribution in [0.4, 0.5) is 0 Å². The molecule has 1 aromatic carbocycles. The van der Waals surface area contributed by atoms with Crippen molar-refractivity contribution in [3.05, 3.63) is 35.4 Å². The Kier molecular flexibility index (Phi) is 7.76. The number of ether oxygens (including phenoxy) is 1. The summed E-state index contributed by atoms with van der Waals surface area (Å²) in [5, 5.41) is 3.42. The molecule has 0 saturated carbocycles. The van der Waals surface area contributed by atoms with Crippen molar-refractivity contribution in [2.45, 2.75) is 59.7 Å². The van der Waals surface area contributed by atoms with Gasteiger partial charge in [0.15, 0.2) is 0 Å². The van der Waals surface area contributed by atoms with Gasteiger partial charge in [-0.15, -0.1) is 0 Å². The Morgan fingerprint density at radius 3 is 2.21 bits per heavy atom. The second-order valence-corrected chi connectivity index (χ2v) is 5.94. The van der Waals surface area contributed by atoms with Gasteiger partial charge in [-0.2, -0.15) is 0 Å². The Bertz CT molecular complexity index is 330. The standard InChI is InChI=1S/C17H29NO/c1-14(2)6-5-11-19-13-17-9-7-16(8-10-17)12-18-15(3)4/h7-10,14-15,18H,5-6,11-13H2,1-4H3. The maximum atomic E-state index is 5.69. The molecule has 0 bridgehead atoms. The number of rotatable bonds is 9. The van der Waals surface area contributed by atoms with Gasteiger partial charge in [0.2, 0.25) is 0 Å². The molecule has 0 aliphatic rings. The van der Waals surface area contributed by atoms with E-state index in [1.165, 1.54) is 17.5 Å². The third-order valence-electron chi connectivity index (χ3n) is 3.08. The highest BCUT2D eigenvalue weighted by Gasteiger charge is 1.98. The lowest BCUT2D eigenvalue weighted by Crippen LogP contribution is -2.21. The van der Waals surface area contributed by atoms with Gasteiger partial charge >= 0.3 is 0 Å². The molecule has 0 fully saturated rings. The molecule has 2 nitrogen and oxygen atoms in total. The van der Waals surface area contributed by atoms with Gasteiger partial charge in [0, 0.05) is 19.2 Å². The molecule has 0 unspecified atom stereocenters. The minimum absolute atomic E-state index is 0.531. The highest BCUT2D eigenvalue weighted by molar-refractivity contribution is 5.21. The fourth-order valence-electron chi connectivity index (χ4n) is 1.86. The molecule has 0 aliphatic heterocycles. The van der Waals surface area contributed by atoms with Gasteiger partial charge in [0.1, 0.15) is 0 Å². The molecule has 0 radical (unpaired) electrons. The van der Waals surface area contributed by atoms with Gasteiger partial charge in [0.05, 0.1) is 6.61 Å². The van der Waals surface area contributed by atoms with Crippen LogP contribution in [0.3, 0.4) is 0 Å². The monoisotopic (exact) mass is 263 g/mol. The van der Waals surface area contributed by atoms with E-state index in [-0.39, 0.29) is 0 Å². The Morgan fingerprint density at radius 1 is 1.00 bits per heavy atom. The zero-order chi connectivity index (χ0) is 14.1. The van der Waals surface area contributed by atoms with Gasteiger partial charge in [-0.05, 0) is 29.9 Å². The number of hydrogen-bond acceptors (Lipinski definition) is 2. The average Bonchev–Trinajstić information content (AvgIpc) is 2.37. The molecule has 0 spiro atoms. The molecule has 0 saturated heterocycles. The van der Waals surface area contributed by atoms with Gasteiger partial charge in [-0.25, -0.2) is 0 Å². The van der Waals surface area contributed by atoms with Crippen molar-refractivity contribution in [3.8, 4) is 0 Å². The topological polar surface area (TPSA) is 21.3 Å². The van der Waals surface area contributed by atoms with Crippen LogP contribution in [0.2, 0.25) is 0 Å². The normalized spacial score (nSPS) is 11.5. The van der Waals surface area contributed by atoms with Gasteiger partial charge in [-0.3, -0.25) is 0 Å². The van der Waals surface area contributed by atoms with Crippen LogP contribution >= 0.6 is 0 Å². The largest absolute Gasteiger partial charge is 0.377 e. The fraction of sp³-hybridized carbons (Fsp3) is 0.647. The molecule has 0 aliphatic carbocycles. The minimum Gasteiger partial charge on any atom is -0.377 e. The van der Waals surface area contributed by atoms with E-state index in [0.717, 1.165) is 32.1 Å². The highest BCUT2D eigenvalue weighted by atomic mass is 16.5. The van der Waals surface area contributed by atoms with Crippen molar-refractivity contribution >= 4 is 0 Å². The van der Waals surface area contributed by atoms with Crippen LogP contribution in [0.15, 0.2) is 24.3 Å². The van der Waals surface area contributed by atoms with Crippen molar-refractivity contribution in [1.82, 2.24) is 5.32 Å². The van der Waals surface area contributed by atoms with E-state index in [9.17, 15) is 0 Å². The van der Waals surface area contributed by atoms with Crippen molar-refractivity contribution in [2.24, 2.45) is 5.92 Å². The van der Waals surface area contributed by atoms with Gasteiger partial charge in [0.25, 0.3) is 0 Å². The number of nitrogens with one attached hydrogen (secondary N) is 1. The molecular weight excluding hydrogens is 234 g/mol. The zero-order valence-corrected chi connectivity index (χ0v) is 12.9. The predicted molar refractivity (Wildman–Crippen MR) is 82.1 cm³/mol. The fourth-order valence-corrected chi connectivity index (χ4v) is 1.86. The first-order chi connectivity index (χ1) is 9.08. The molecule has 0 aromatic heterocycles. The summed E-state index contributed by atoms with van der Waals surface area (Å²) in [5.74, 6) is 0.774.